The molecular weight excluding hydrogens is 210 g/mol. The number of aldehydes is 1. The van der Waals surface area contributed by atoms with Crippen LogP contribution in [0.3, 0.4) is 0 Å². The number of nitrogens with zero attached hydrogens (tertiary/aromatic N) is 1. The first-order chi connectivity index (χ1) is 7.31. The molecule has 1 aromatic rings. The zero-order valence-electron chi connectivity index (χ0n) is 8.55. The number of hydrogen-bond donors (Lipinski definition) is 0. The summed E-state index contributed by atoms with van der Waals surface area (Å²) in [6, 6.07) is 3.57. The maximum Gasteiger partial charge on any atom is 0.152 e. The van der Waals surface area contributed by atoms with Crippen molar-refractivity contribution in [2.75, 3.05) is 6.61 Å². The fourth-order valence-electron chi connectivity index (χ4n) is 1.60. The van der Waals surface area contributed by atoms with E-state index in [-0.39, 0.29) is 6.10 Å². The van der Waals surface area contributed by atoms with Gasteiger partial charge < -0.3 is 4.74 Å². The molecule has 1 aliphatic rings. The molecule has 1 aromatic heterocycles. The molecule has 0 aliphatic carbocycles. The van der Waals surface area contributed by atoms with Gasteiger partial charge in [0.25, 0.3) is 0 Å². The molecule has 0 radical (unpaired) electrons. The van der Waals surface area contributed by atoms with Gasteiger partial charge in [-0.3, -0.25) is 4.79 Å². The van der Waals surface area contributed by atoms with Crippen molar-refractivity contribution >= 4 is 18.0 Å². The second-order valence-electron chi connectivity index (χ2n) is 3.54. The summed E-state index contributed by atoms with van der Waals surface area (Å²) in [5, 5.41) is 1.23. The lowest BCUT2D eigenvalue weighted by molar-refractivity contribution is 0.112. The Morgan fingerprint density at radius 3 is 3.20 bits per heavy atom. The third kappa shape index (κ3) is 2.38. The van der Waals surface area contributed by atoms with Gasteiger partial charge in [0, 0.05) is 23.6 Å². The number of rotatable bonds is 3. The van der Waals surface area contributed by atoms with Crippen LogP contribution in [0.25, 0.3) is 0 Å². The van der Waals surface area contributed by atoms with Crippen LogP contribution in [0.2, 0.25) is 0 Å². The van der Waals surface area contributed by atoms with Crippen molar-refractivity contribution in [1.82, 2.24) is 4.98 Å². The van der Waals surface area contributed by atoms with E-state index in [1.54, 1.807) is 30.1 Å². The Labute approximate surface area is 93.2 Å². The molecule has 15 heavy (non-hydrogen) atoms. The summed E-state index contributed by atoms with van der Waals surface area (Å²) in [6.45, 7) is 2.87. The van der Waals surface area contributed by atoms with E-state index in [9.17, 15) is 4.79 Å². The largest absolute Gasteiger partial charge is 0.377 e. The average molecular weight is 223 g/mol. The highest BCUT2D eigenvalue weighted by Crippen LogP contribution is 2.32. The van der Waals surface area contributed by atoms with Crippen LogP contribution in [0.5, 0.6) is 0 Å². The van der Waals surface area contributed by atoms with Gasteiger partial charge in [-0.05, 0) is 25.5 Å². The zero-order valence-corrected chi connectivity index (χ0v) is 9.37. The Bertz CT molecular complexity index is 356. The van der Waals surface area contributed by atoms with Crippen LogP contribution in [-0.2, 0) is 4.74 Å². The van der Waals surface area contributed by atoms with Crippen LogP contribution >= 0.6 is 11.8 Å². The number of carbonyl (C=O) groups excluding carboxylic acids is 1. The number of hydrogen-bond acceptors (Lipinski definition) is 4. The van der Waals surface area contributed by atoms with Crippen molar-refractivity contribution < 1.29 is 9.53 Å². The Kier molecular flexibility index (Phi) is 3.38. The Morgan fingerprint density at radius 2 is 2.53 bits per heavy atom. The molecule has 2 unspecified atom stereocenters. The maximum atomic E-state index is 10.8. The lowest BCUT2D eigenvalue weighted by Crippen LogP contribution is -2.13. The Morgan fingerprint density at radius 1 is 1.67 bits per heavy atom. The van der Waals surface area contributed by atoms with E-state index in [4.69, 9.17) is 4.74 Å². The molecule has 0 spiro atoms. The van der Waals surface area contributed by atoms with E-state index in [2.05, 4.69) is 11.9 Å². The highest BCUT2D eigenvalue weighted by atomic mass is 32.2. The summed E-state index contributed by atoms with van der Waals surface area (Å²) in [7, 11) is 0. The van der Waals surface area contributed by atoms with Gasteiger partial charge in [0.1, 0.15) is 5.03 Å². The topological polar surface area (TPSA) is 39.2 Å². The quantitative estimate of drug-likeness (QED) is 0.736. The molecule has 1 aliphatic heterocycles. The van der Waals surface area contributed by atoms with Crippen molar-refractivity contribution in [2.24, 2.45) is 0 Å². The number of aromatic nitrogens is 1. The number of thioether (sulfide) groups is 1. The molecule has 3 nitrogen and oxygen atoms in total. The van der Waals surface area contributed by atoms with E-state index < -0.39 is 0 Å². The van der Waals surface area contributed by atoms with Crippen molar-refractivity contribution in [1.29, 1.82) is 0 Å². The summed E-state index contributed by atoms with van der Waals surface area (Å²) in [4.78, 5) is 15.0. The molecule has 0 amide bonds. The normalized spacial score (nSPS) is 25.4. The van der Waals surface area contributed by atoms with E-state index in [1.807, 2.05) is 0 Å². The molecule has 2 heterocycles. The third-order valence-corrected chi connectivity index (χ3v) is 3.98. The van der Waals surface area contributed by atoms with E-state index in [1.165, 1.54) is 0 Å². The first-order valence-corrected chi connectivity index (χ1v) is 5.87. The number of pyridine rings is 1. The van der Waals surface area contributed by atoms with Crippen molar-refractivity contribution in [3.05, 3.63) is 23.9 Å². The second-order valence-corrected chi connectivity index (χ2v) is 4.76. The highest BCUT2D eigenvalue weighted by molar-refractivity contribution is 8.00. The standard InChI is InChI=1S/C11H13NO2S/c1-8-10(4-6-14-8)15-11-9(7-13)3-2-5-12-11/h2-3,5,7-8,10H,4,6H2,1H3. The average Bonchev–Trinajstić information content (AvgIpc) is 2.65. The van der Waals surface area contributed by atoms with Gasteiger partial charge in [0.2, 0.25) is 0 Å². The molecule has 0 saturated carbocycles. The molecule has 0 N–H and O–H groups in total. The minimum Gasteiger partial charge on any atom is -0.377 e. The molecule has 2 rings (SSSR count). The van der Waals surface area contributed by atoms with Gasteiger partial charge in [0.15, 0.2) is 6.29 Å². The minimum absolute atomic E-state index is 0.247. The van der Waals surface area contributed by atoms with Gasteiger partial charge in [-0.25, -0.2) is 4.98 Å². The lowest BCUT2D eigenvalue weighted by Gasteiger charge is -2.13. The first kappa shape index (κ1) is 10.6. The molecule has 0 bridgehead atoms. The lowest BCUT2D eigenvalue weighted by atomic mass is 10.3. The number of carbonyl (C=O) groups is 1. The smallest absolute Gasteiger partial charge is 0.152 e. The molecule has 1 saturated heterocycles. The molecule has 4 heteroatoms. The zero-order chi connectivity index (χ0) is 10.7. The predicted octanol–water partition coefficient (Wildman–Crippen LogP) is 2.16. The second kappa shape index (κ2) is 4.77. The minimum atomic E-state index is 0.247. The van der Waals surface area contributed by atoms with E-state index in [0.717, 1.165) is 24.3 Å². The Hall–Kier alpha value is -0.870. The summed E-state index contributed by atoms with van der Waals surface area (Å²) in [5.74, 6) is 0. The van der Waals surface area contributed by atoms with Crippen LogP contribution in [0.1, 0.15) is 23.7 Å². The Balaban J connectivity index is 2.12. The van der Waals surface area contributed by atoms with Crippen LogP contribution in [0.4, 0.5) is 0 Å². The van der Waals surface area contributed by atoms with Crippen molar-refractivity contribution in [3.63, 3.8) is 0 Å². The van der Waals surface area contributed by atoms with Crippen LogP contribution in [0.15, 0.2) is 23.4 Å². The first-order valence-electron chi connectivity index (χ1n) is 4.99. The molecule has 80 valence electrons. The summed E-state index contributed by atoms with van der Waals surface area (Å²) in [6.07, 6.45) is 3.85. The molecular formula is C11H13NO2S. The summed E-state index contributed by atoms with van der Waals surface area (Å²) in [5.41, 5.74) is 0.668. The molecule has 1 fully saturated rings. The number of ether oxygens (including phenoxy) is 1. The van der Waals surface area contributed by atoms with E-state index >= 15 is 0 Å². The molecule has 0 aromatic carbocycles. The van der Waals surface area contributed by atoms with Gasteiger partial charge in [-0.2, -0.15) is 0 Å². The van der Waals surface area contributed by atoms with E-state index in [0.29, 0.717) is 10.8 Å². The van der Waals surface area contributed by atoms with Gasteiger partial charge >= 0.3 is 0 Å². The fourth-order valence-corrected chi connectivity index (χ4v) is 2.75. The van der Waals surface area contributed by atoms with Crippen molar-refractivity contribution in [3.8, 4) is 0 Å². The SMILES string of the molecule is CC1OCCC1Sc1ncccc1C=O. The predicted molar refractivity (Wildman–Crippen MR) is 59.3 cm³/mol. The van der Waals surface area contributed by atoms with Crippen LogP contribution in [-0.4, -0.2) is 29.2 Å². The van der Waals surface area contributed by atoms with Crippen molar-refractivity contribution in [2.45, 2.75) is 29.7 Å². The monoisotopic (exact) mass is 223 g/mol. The van der Waals surface area contributed by atoms with Gasteiger partial charge in [0.05, 0.1) is 6.10 Å². The van der Waals surface area contributed by atoms with Gasteiger partial charge in [-0.15, -0.1) is 0 Å². The summed E-state index contributed by atoms with van der Waals surface area (Å²) >= 11 is 1.64. The third-order valence-electron chi connectivity index (χ3n) is 2.50. The van der Waals surface area contributed by atoms with Crippen LogP contribution < -0.4 is 0 Å². The fraction of sp³-hybridized carbons (Fsp3) is 0.455. The van der Waals surface area contributed by atoms with Crippen LogP contribution in [0, 0.1) is 0 Å². The highest BCUT2D eigenvalue weighted by Gasteiger charge is 2.26. The summed E-state index contributed by atoms with van der Waals surface area (Å²) < 4.78 is 5.47. The molecule has 2 atom stereocenters. The van der Waals surface area contributed by atoms with Gasteiger partial charge in [-0.1, -0.05) is 11.8 Å². The maximum absolute atomic E-state index is 10.8.